The van der Waals surface area contributed by atoms with Crippen LogP contribution in [0.25, 0.3) is 0 Å². The van der Waals surface area contributed by atoms with Gasteiger partial charge in [0, 0.05) is 25.2 Å². The van der Waals surface area contributed by atoms with Gasteiger partial charge < -0.3 is 15.6 Å². The molecule has 0 bridgehead atoms. The Morgan fingerprint density at radius 3 is 2.21 bits per heavy atom. The molecule has 114 valence electrons. The molecule has 1 heterocycles. The number of rotatable bonds is 10. The van der Waals surface area contributed by atoms with Crippen LogP contribution in [0.4, 0.5) is 0 Å². The molecule has 0 aliphatic carbocycles. The van der Waals surface area contributed by atoms with Crippen LogP contribution in [0.15, 0.2) is 0 Å². The molecule has 3 heteroatoms. The van der Waals surface area contributed by atoms with E-state index in [-0.39, 0.29) is 11.5 Å². The van der Waals surface area contributed by atoms with E-state index >= 15 is 0 Å². The van der Waals surface area contributed by atoms with E-state index in [2.05, 4.69) is 6.92 Å². The van der Waals surface area contributed by atoms with Gasteiger partial charge in [0.1, 0.15) is 0 Å². The molecule has 1 fully saturated rings. The maximum atomic E-state index is 10.4. The van der Waals surface area contributed by atoms with Crippen LogP contribution in [0.3, 0.4) is 0 Å². The topological polar surface area (TPSA) is 55.5 Å². The maximum Gasteiger partial charge on any atom is 0.0610 e. The zero-order valence-electron chi connectivity index (χ0n) is 12.7. The fourth-order valence-corrected chi connectivity index (χ4v) is 3.05. The Balaban J connectivity index is 2.13. The molecule has 1 atom stereocenters. The zero-order chi connectivity index (χ0) is 14.0. The van der Waals surface area contributed by atoms with Gasteiger partial charge in [0.2, 0.25) is 0 Å². The smallest absolute Gasteiger partial charge is 0.0610 e. The van der Waals surface area contributed by atoms with E-state index in [0.29, 0.717) is 6.54 Å². The summed E-state index contributed by atoms with van der Waals surface area (Å²) in [5.41, 5.74) is 5.84. The van der Waals surface area contributed by atoms with Gasteiger partial charge in [-0.25, -0.2) is 0 Å². The lowest BCUT2D eigenvalue weighted by molar-refractivity contribution is -0.0599. The summed E-state index contributed by atoms with van der Waals surface area (Å²) in [5.74, 6) is 0. The van der Waals surface area contributed by atoms with Crippen LogP contribution < -0.4 is 5.73 Å². The molecule has 0 spiro atoms. The standard InChI is InChI=1S/C16H33NO2/c1-2-3-4-5-6-7-8-9-15(18)16(14-17)10-12-19-13-11-16/h15,18H,2-14,17H2,1H3. The summed E-state index contributed by atoms with van der Waals surface area (Å²) in [7, 11) is 0. The minimum absolute atomic E-state index is 0.0690. The van der Waals surface area contributed by atoms with Gasteiger partial charge in [-0.15, -0.1) is 0 Å². The second kappa shape index (κ2) is 9.73. The van der Waals surface area contributed by atoms with E-state index in [0.717, 1.165) is 38.9 Å². The van der Waals surface area contributed by atoms with E-state index in [1.54, 1.807) is 0 Å². The monoisotopic (exact) mass is 271 g/mol. The maximum absolute atomic E-state index is 10.4. The van der Waals surface area contributed by atoms with Crippen LogP contribution >= 0.6 is 0 Å². The highest BCUT2D eigenvalue weighted by Crippen LogP contribution is 2.35. The molecule has 0 aromatic rings. The number of ether oxygens (including phenoxy) is 1. The second-order valence-corrected chi connectivity index (χ2v) is 6.10. The molecule has 1 unspecified atom stereocenters. The van der Waals surface area contributed by atoms with Crippen molar-refractivity contribution in [2.75, 3.05) is 19.8 Å². The van der Waals surface area contributed by atoms with Crippen LogP contribution in [0.1, 0.15) is 71.1 Å². The van der Waals surface area contributed by atoms with Gasteiger partial charge in [-0.2, -0.15) is 0 Å². The first-order valence-corrected chi connectivity index (χ1v) is 8.21. The summed E-state index contributed by atoms with van der Waals surface area (Å²) in [4.78, 5) is 0. The van der Waals surface area contributed by atoms with Crippen molar-refractivity contribution >= 4 is 0 Å². The summed E-state index contributed by atoms with van der Waals surface area (Å²) in [6, 6.07) is 0. The lowest BCUT2D eigenvalue weighted by Crippen LogP contribution is -2.45. The zero-order valence-corrected chi connectivity index (χ0v) is 12.7. The van der Waals surface area contributed by atoms with Crippen molar-refractivity contribution in [1.29, 1.82) is 0 Å². The number of hydrogen-bond acceptors (Lipinski definition) is 3. The van der Waals surface area contributed by atoms with Crippen LogP contribution in [0, 0.1) is 5.41 Å². The molecule has 19 heavy (non-hydrogen) atoms. The first-order chi connectivity index (χ1) is 9.25. The molecule has 3 nitrogen and oxygen atoms in total. The molecule has 0 aromatic carbocycles. The van der Waals surface area contributed by atoms with E-state index in [1.807, 2.05) is 0 Å². The number of aliphatic hydroxyl groups excluding tert-OH is 1. The quantitative estimate of drug-likeness (QED) is 0.600. The third-order valence-corrected chi connectivity index (χ3v) is 4.68. The largest absolute Gasteiger partial charge is 0.392 e. The summed E-state index contributed by atoms with van der Waals surface area (Å²) in [6.07, 6.45) is 11.6. The van der Waals surface area contributed by atoms with Gasteiger partial charge in [-0.3, -0.25) is 0 Å². The Hall–Kier alpha value is -0.120. The van der Waals surface area contributed by atoms with Crippen molar-refractivity contribution in [3.05, 3.63) is 0 Å². The van der Waals surface area contributed by atoms with Crippen molar-refractivity contribution in [2.45, 2.75) is 77.2 Å². The van der Waals surface area contributed by atoms with Crippen molar-refractivity contribution < 1.29 is 9.84 Å². The number of unbranched alkanes of at least 4 members (excludes halogenated alkanes) is 6. The Kier molecular flexibility index (Phi) is 8.67. The third-order valence-electron chi connectivity index (χ3n) is 4.68. The van der Waals surface area contributed by atoms with Gasteiger partial charge in [-0.1, -0.05) is 51.9 Å². The molecular formula is C16H33NO2. The SMILES string of the molecule is CCCCCCCCCC(O)C1(CN)CCOCC1. The molecule has 1 rings (SSSR count). The Bertz CT molecular complexity index is 215. The Morgan fingerprint density at radius 1 is 1.05 bits per heavy atom. The van der Waals surface area contributed by atoms with E-state index < -0.39 is 0 Å². The molecule has 0 saturated carbocycles. The van der Waals surface area contributed by atoms with Crippen LogP contribution in [0.2, 0.25) is 0 Å². The molecule has 0 amide bonds. The molecule has 0 radical (unpaired) electrons. The molecular weight excluding hydrogens is 238 g/mol. The first-order valence-electron chi connectivity index (χ1n) is 8.21. The van der Waals surface area contributed by atoms with E-state index in [1.165, 1.54) is 38.5 Å². The molecule has 3 N–H and O–H groups in total. The normalized spacial score (nSPS) is 20.4. The van der Waals surface area contributed by atoms with Gasteiger partial charge >= 0.3 is 0 Å². The van der Waals surface area contributed by atoms with Gasteiger partial charge in [0.25, 0.3) is 0 Å². The molecule has 1 aliphatic heterocycles. The summed E-state index contributed by atoms with van der Waals surface area (Å²) in [5, 5.41) is 10.4. The predicted octanol–water partition coefficient (Wildman–Crippen LogP) is 3.24. The Morgan fingerprint density at radius 2 is 1.63 bits per heavy atom. The fraction of sp³-hybridized carbons (Fsp3) is 1.00. The summed E-state index contributed by atoms with van der Waals surface area (Å²) in [6.45, 7) is 4.35. The number of aliphatic hydroxyl groups is 1. The van der Waals surface area contributed by atoms with Crippen LogP contribution in [-0.2, 0) is 4.74 Å². The van der Waals surface area contributed by atoms with Crippen molar-refractivity contribution in [3.8, 4) is 0 Å². The lowest BCUT2D eigenvalue weighted by atomic mass is 9.73. The van der Waals surface area contributed by atoms with Gasteiger partial charge in [0.15, 0.2) is 0 Å². The van der Waals surface area contributed by atoms with Crippen molar-refractivity contribution in [2.24, 2.45) is 11.1 Å². The van der Waals surface area contributed by atoms with Gasteiger partial charge in [0.05, 0.1) is 6.10 Å². The summed E-state index contributed by atoms with van der Waals surface area (Å²) >= 11 is 0. The average molecular weight is 271 g/mol. The second-order valence-electron chi connectivity index (χ2n) is 6.10. The number of hydrogen-bond donors (Lipinski definition) is 2. The minimum Gasteiger partial charge on any atom is -0.392 e. The third kappa shape index (κ3) is 5.80. The predicted molar refractivity (Wildman–Crippen MR) is 80.2 cm³/mol. The molecule has 1 saturated heterocycles. The minimum atomic E-state index is -0.239. The average Bonchev–Trinajstić information content (AvgIpc) is 2.46. The van der Waals surface area contributed by atoms with Crippen LogP contribution in [-0.4, -0.2) is 31.0 Å². The van der Waals surface area contributed by atoms with Crippen molar-refractivity contribution in [1.82, 2.24) is 0 Å². The highest BCUT2D eigenvalue weighted by Gasteiger charge is 2.37. The first kappa shape index (κ1) is 16.9. The highest BCUT2D eigenvalue weighted by atomic mass is 16.5. The molecule has 1 aliphatic rings. The van der Waals surface area contributed by atoms with E-state index in [4.69, 9.17) is 10.5 Å². The molecule has 0 aromatic heterocycles. The fourth-order valence-electron chi connectivity index (χ4n) is 3.05. The lowest BCUT2D eigenvalue weighted by Gasteiger charge is -2.40. The Labute approximate surface area is 118 Å². The highest BCUT2D eigenvalue weighted by molar-refractivity contribution is 4.89. The summed E-state index contributed by atoms with van der Waals surface area (Å²) < 4.78 is 5.39. The van der Waals surface area contributed by atoms with Gasteiger partial charge in [-0.05, 0) is 19.3 Å². The van der Waals surface area contributed by atoms with Crippen molar-refractivity contribution in [3.63, 3.8) is 0 Å². The van der Waals surface area contributed by atoms with E-state index in [9.17, 15) is 5.11 Å². The number of nitrogens with two attached hydrogens (primary N) is 1. The van der Waals surface area contributed by atoms with Crippen LogP contribution in [0.5, 0.6) is 0 Å².